The third-order valence-corrected chi connectivity index (χ3v) is 6.74. The third kappa shape index (κ3) is 3.94. The van der Waals surface area contributed by atoms with Gasteiger partial charge in [0.05, 0.1) is 5.69 Å². The van der Waals surface area contributed by atoms with E-state index < -0.39 is 0 Å². The minimum atomic E-state index is 0.628. The molecule has 3 heterocycles. The molecular weight excluding hydrogens is 370 g/mol. The number of benzene rings is 2. The van der Waals surface area contributed by atoms with Gasteiger partial charge in [-0.2, -0.15) is 0 Å². The maximum Gasteiger partial charge on any atom is 0.137 e. The zero-order valence-electron chi connectivity index (χ0n) is 17.9. The molecule has 5 rings (SSSR count). The average molecular weight is 402 g/mol. The van der Waals surface area contributed by atoms with Gasteiger partial charge in [-0.25, -0.2) is 4.98 Å². The summed E-state index contributed by atoms with van der Waals surface area (Å²) in [6, 6.07) is 20.0. The summed E-state index contributed by atoms with van der Waals surface area (Å²) < 4.78 is 5.52. The molecule has 2 aliphatic heterocycles. The summed E-state index contributed by atoms with van der Waals surface area (Å²) >= 11 is 0. The molecule has 4 nitrogen and oxygen atoms in total. The highest BCUT2D eigenvalue weighted by molar-refractivity contribution is 5.95. The number of nitrogens with zero attached hydrogens (tertiary/aromatic N) is 3. The first-order valence-electron chi connectivity index (χ1n) is 11.4. The summed E-state index contributed by atoms with van der Waals surface area (Å²) in [5.41, 5.74) is 3.70. The van der Waals surface area contributed by atoms with Crippen molar-refractivity contribution in [1.29, 1.82) is 0 Å². The summed E-state index contributed by atoms with van der Waals surface area (Å²) in [5.74, 6) is 1.76. The lowest BCUT2D eigenvalue weighted by Gasteiger charge is -2.35. The Bertz CT molecular complexity index is 987. The number of hydrogen-bond acceptors (Lipinski definition) is 4. The van der Waals surface area contributed by atoms with Crippen molar-refractivity contribution in [2.24, 2.45) is 0 Å². The molecule has 0 radical (unpaired) electrons. The van der Waals surface area contributed by atoms with Crippen LogP contribution < -0.4 is 4.90 Å². The van der Waals surface area contributed by atoms with Crippen molar-refractivity contribution in [3.8, 4) is 11.3 Å². The van der Waals surface area contributed by atoms with Crippen LogP contribution in [0.1, 0.15) is 31.2 Å². The monoisotopic (exact) mass is 401 g/mol. The molecule has 0 N–H and O–H groups in total. The Labute approximate surface area is 179 Å². The molecule has 2 aromatic carbocycles. The van der Waals surface area contributed by atoms with Gasteiger partial charge in [0.1, 0.15) is 5.82 Å². The van der Waals surface area contributed by atoms with E-state index in [9.17, 15) is 0 Å². The number of piperazine rings is 1. The normalized spacial score (nSPS) is 18.8. The fraction of sp³-hybridized carbons (Fsp3) is 0.423. The van der Waals surface area contributed by atoms with Crippen LogP contribution in [0.2, 0.25) is 0 Å². The molecule has 2 fully saturated rings. The molecule has 3 aromatic rings. The maximum absolute atomic E-state index is 5.52. The first kappa shape index (κ1) is 19.5. The molecule has 0 amide bonds. The zero-order chi connectivity index (χ0) is 20.3. The Morgan fingerprint density at radius 3 is 2.40 bits per heavy atom. The average Bonchev–Trinajstić information content (AvgIpc) is 2.84. The van der Waals surface area contributed by atoms with Crippen molar-refractivity contribution in [2.45, 2.75) is 25.7 Å². The maximum atomic E-state index is 5.52. The quantitative estimate of drug-likeness (QED) is 0.619. The third-order valence-electron chi connectivity index (χ3n) is 6.74. The van der Waals surface area contributed by atoms with Gasteiger partial charge >= 0.3 is 0 Å². The van der Waals surface area contributed by atoms with Crippen LogP contribution in [-0.4, -0.2) is 55.8 Å². The van der Waals surface area contributed by atoms with E-state index in [4.69, 9.17) is 9.72 Å². The summed E-state index contributed by atoms with van der Waals surface area (Å²) in [6.07, 6.45) is 2.25. The number of fused-ring (bicyclic) bond motifs is 1. The van der Waals surface area contributed by atoms with Gasteiger partial charge in [-0.15, -0.1) is 0 Å². The zero-order valence-corrected chi connectivity index (χ0v) is 17.9. The van der Waals surface area contributed by atoms with Crippen LogP contribution in [0.5, 0.6) is 0 Å². The van der Waals surface area contributed by atoms with Crippen molar-refractivity contribution in [1.82, 2.24) is 9.88 Å². The van der Waals surface area contributed by atoms with E-state index in [0.29, 0.717) is 5.92 Å². The number of pyridine rings is 1. The molecule has 2 aliphatic rings. The van der Waals surface area contributed by atoms with E-state index in [1.807, 2.05) is 0 Å². The molecule has 0 bridgehead atoms. The fourth-order valence-corrected chi connectivity index (χ4v) is 4.80. The molecule has 4 heteroatoms. The van der Waals surface area contributed by atoms with E-state index in [1.165, 1.54) is 21.9 Å². The van der Waals surface area contributed by atoms with Gasteiger partial charge in [0.15, 0.2) is 0 Å². The van der Waals surface area contributed by atoms with E-state index in [1.54, 1.807) is 0 Å². The van der Waals surface area contributed by atoms with Gasteiger partial charge < -0.3 is 14.5 Å². The lowest BCUT2D eigenvalue weighted by molar-refractivity contribution is 0.0853. The molecule has 30 heavy (non-hydrogen) atoms. The highest BCUT2D eigenvalue weighted by Gasteiger charge is 2.20. The summed E-state index contributed by atoms with van der Waals surface area (Å²) in [6.45, 7) is 9.43. The highest BCUT2D eigenvalue weighted by atomic mass is 16.5. The van der Waals surface area contributed by atoms with Crippen LogP contribution in [0.4, 0.5) is 5.82 Å². The molecule has 0 unspecified atom stereocenters. The van der Waals surface area contributed by atoms with Gasteiger partial charge in [0, 0.05) is 50.3 Å². The molecule has 2 saturated heterocycles. The van der Waals surface area contributed by atoms with Crippen molar-refractivity contribution in [2.75, 3.05) is 50.8 Å². The first-order valence-corrected chi connectivity index (χ1v) is 11.4. The Balaban J connectivity index is 1.47. The predicted octanol–water partition coefficient (Wildman–Crippen LogP) is 4.94. The minimum absolute atomic E-state index is 0.628. The van der Waals surface area contributed by atoms with Crippen LogP contribution in [-0.2, 0) is 4.74 Å². The lowest BCUT2D eigenvalue weighted by atomic mass is 9.91. The second-order valence-electron chi connectivity index (χ2n) is 8.48. The molecule has 1 aromatic heterocycles. The van der Waals surface area contributed by atoms with Crippen molar-refractivity contribution in [3.63, 3.8) is 0 Å². The minimum Gasteiger partial charge on any atom is -0.381 e. The molecule has 0 spiro atoms. The SMILES string of the molecule is CCN1CCN(c2nc(-c3ccc(C4CCOCC4)cc3)cc3ccccc23)CC1. The summed E-state index contributed by atoms with van der Waals surface area (Å²) in [7, 11) is 0. The largest absolute Gasteiger partial charge is 0.381 e. The Kier molecular flexibility index (Phi) is 5.69. The number of aromatic nitrogens is 1. The van der Waals surface area contributed by atoms with Crippen LogP contribution >= 0.6 is 0 Å². The standard InChI is InChI=1S/C26H31N3O/c1-2-28-13-15-29(16-14-28)26-24-6-4-3-5-23(24)19-25(27-26)22-9-7-20(8-10-22)21-11-17-30-18-12-21/h3-10,19,21H,2,11-18H2,1H3. The van der Waals surface area contributed by atoms with Crippen molar-refractivity contribution in [3.05, 3.63) is 60.2 Å². The summed E-state index contributed by atoms with van der Waals surface area (Å²) in [5, 5.41) is 2.52. The number of likely N-dealkylation sites (N-methyl/N-ethyl adjacent to an activating group) is 1. The molecule has 0 atom stereocenters. The van der Waals surface area contributed by atoms with E-state index in [0.717, 1.165) is 70.3 Å². The molecule has 156 valence electrons. The molecule has 0 aliphatic carbocycles. The first-order chi connectivity index (χ1) is 14.8. The van der Waals surface area contributed by atoms with E-state index >= 15 is 0 Å². The van der Waals surface area contributed by atoms with E-state index in [2.05, 4.69) is 71.3 Å². The highest BCUT2D eigenvalue weighted by Crippen LogP contribution is 2.32. The van der Waals surface area contributed by atoms with Crippen LogP contribution in [0.15, 0.2) is 54.6 Å². The molecule has 0 saturated carbocycles. The van der Waals surface area contributed by atoms with Crippen LogP contribution in [0, 0.1) is 0 Å². The van der Waals surface area contributed by atoms with Crippen LogP contribution in [0.25, 0.3) is 22.0 Å². The number of ether oxygens (including phenoxy) is 1. The second-order valence-corrected chi connectivity index (χ2v) is 8.48. The van der Waals surface area contributed by atoms with Gasteiger partial charge in [-0.05, 0) is 42.3 Å². The number of hydrogen-bond donors (Lipinski definition) is 0. The van der Waals surface area contributed by atoms with E-state index in [-0.39, 0.29) is 0 Å². The second kappa shape index (κ2) is 8.75. The number of anilines is 1. The predicted molar refractivity (Wildman–Crippen MR) is 124 cm³/mol. The molecular formula is C26H31N3O. The van der Waals surface area contributed by atoms with Crippen LogP contribution in [0.3, 0.4) is 0 Å². The van der Waals surface area contributed by atoms with Gasteiger partial charge in [0.2, 0.25) is 0 Å². The number of rotatable bonds is 4. The smallest absolute Gasteiger partial charge is 0.137 e. The Morgan fingerprint density at radius 2 is 1.67 bits per heavy atom. The van der Waals surface area contributed by atoms with Crippen molar-refractivity contribution >= 4 is 16.6 Å². The van der Waals surface area contributed by atoms with Gasteiger partial charge in [-0.3, -0.25) is 0 Å². The Hall–Kier alpha value is -2.43. The topological polar surface area (TPSA) is 28.6 Å². The van der Waals surface area contributed by atoms with Gasteiger partial charge in [0.25, 0.3) is 0 Å². The van der Waals surface area contributed by atoms with Gasteiger partial charge in [-0.1, -0.05) is 55.5 Å². The fourth-order valence-electron chi connectivity index (χ4n) is 4.80. The van der Waals surface area contributed by atoms with Crippen molar-refractivity contribution < 1.29 is 4.74 Å². The summed E-state index contributed by atoms with van der Waals surface area (Å²) in [4.78, 5) is 10.2. The Morgan fingerprint density at radius 1 is 0.933 bits per heavy atom. The lowest BCUT2D eigenvalue weighted by Crippen LogP contribution is -2.46.